The van der Waals surface area contributed by atoms with Crippen LogP contribution in [0.25, 0.3) is 0 Å². The maximum absolute atomic E-state index is 12.1. The molecular formula is C14H26N2O3. The minimum absolute atomic E-state index is 0.0646. The molecule has 1 saturated heterocycles. The molecular weight excluding hydrogens is 244 g/mol. The van der Waals surface area contributed by atoms with Gasteiger partial charge >= 0.3 is 0 Å². The van der Waals surface area contributed by atoms with Crippen LogP contribution in [-0.2, 0) is 14.3 Å². The summed E-state index contributed by atoms with van der Waals surface area (Å²) in [5.74, 6) is 0.813. The molecule has 2 aliphatic rings. The second-order valence-electron chi connectivity index (χ2n) is 5.85. The molecule has 110 valence electrons. The van der Waals surface area contributed by atoms with Crippen molar-refractivity contribution in [2.45, 2.75) is 38.2 Å². The van der Waals surface area contributed by atoms with Crippen LogP contribution >= 0.6 is 0 Å². The van der Waals surface area contributed by atoms with E-state index in [9.17, 15) is 4.79 Å². The molecule has 0 aromatic carbocycles. The van der Waals surface area contributed by atoms with Crippen molar-refractivity contribution in [2.75, 3.05) is 39.5 Å². The highest BCUT2D eigenvalue weighted by atomic mass is 16.5. The van der Waals surface area contributed by atoms with E-state index in [0.717, 1.165) is 31.6 Å². The Morgan fingerprint density at radius 3 is 2.58 bits per heavy atom. The number of hydrogen-bond donors (Lipinski definition) is 1. The molecule has 2 rings (SSSR count). The van der Waals surface area contributed by atoms with Crippen LogP contribution in [0.1, 0.15) is 32.6 Å². The number of nitrogens with zero attached hydrogens (tertiary/aromatic N) is 1. The Balaban J connectivity index is 1.80. The van der Waals surface area contributed by atoms with Crippen LogP contribution in [0.4, 0.5) is 0 Å². The Bertz CT molecular complexity index is 295. The number of ether oxygens (including phenoxy) is 2. The van der Waals surface area contributed by atoms with Crippen molar-refractivity contribution in [1.82, 2.24) is 4.90 Å². The first kappa shape index (κ1) is 14.8. The van der Waals surface area contributed by atoms with E-state index in [1.54, 1.807) is 0 Å². The SMILES string of the molecule is CC1CCC(CN)(OCC(=O)N2CCOCC2)CC1. The van der Waals surface area contributed by atoms with Crippen molar-refractivity contribution in [3.05, 3.63) is 0 Å². The molecule has 0 radical (unpaired) electrons. The Morgan fingerprint density at radius 2 is 2.00 bits per heavy atom. The number of hydrogen-bond acceptors (Lipinski definition) is 4. The average molecular weight is 270 g/mol. The molecule has 1 aliphatic carbocycles. The Hall–Kier alpha value is -0.650. The van der Waals surface area contributed by atoms with E-state index in [0.29, 0.717) is 32.8 Å². The summed E-state index contributed by atoms with van der Waals surface area (Å²) in [4.78, 5) is 13.9. The molecule has 2 N–H and O–H groups in total. The van der Waals surface area contributed by atoms with Gasteiger partial charge in [0, 0.05) is 19.6 Å². The lowest BCUT2D eigenvalue weighted by molar-refractivity contribution is -0.149. The normalized spacial score (nSPS) is 32.3. The third-order valence-electron chi connectivity index (χ3n) is 4.42. The highest BCUT2D eigenvalue weighted by molar-refractivity contribution is 5.77. The smallest absolute Gasteiger partial charge is 0.248 e. The average Bonchev–Trinajstić information content (AvgIpc) is 2.48. The molecule has 5 nitrogen and oxygen atoms in total. The zero-order valence-corrected chi connectivity index (χ0v) is 11.9. The predicted octanol–water partition coefficient (Wildman–Crippen LogP) is 0.769. The van der Waals surface area contributed by atoms with Gasteiger partial charge in [0.2, 0.25) is 5.91 Å². The van der Waals surface area contributed by atoms with Gasteiger partial charge in [-0.25, -0.2) is 0 Å². The Labute approximate surface area is 115 Å². The monoisotopic (exact) mass is 270 g/mol. The van der Waals surface area contributed by atoms with Crippen molar-refractivity contribution in [3.63, 3.8) is 0 Å². The Kier molecular flexibility index (Phi) is 5.19. The lowest BCUT2D eigenvalue weighted by atomic mass is 9.79. The number of amides is 1. The van der Waals surface area contributed by atoms with Gasteiger partial charge in [-0.05, 0) is 31.6 Å². The highest BCUT2D eigenvalue weighted by Crippen LogP contribution is 2.34. The molecule has 0 atom stereocenters. The number of nitrogens with two attached hydrogens (primary N) is 1. The first-order valence-corrected chi connectivity index (χ1v) is 7.35. The fraction of sp³-hybridized carbons (Fsp3) is 0.929. The van der Waals surface area contributed by atoms with Gasteiger partial charge in [0.05, 0.1) is 18.8 Å². The van der Waals surface area contributed by atoms with E-state index >= 15 is 0 Å². The molecule has 0 bridgehead atoms. The molecule has 1 amide bonds. The number of carbonyl (C=O) groups is 1. The summed E-state index contributed by atoms with van der Waals surface area (Å²) >= 11 is 0. The van der Waals surface area contributed by atoms with E-state index in [4.69, 9.17) is 15.2 Å². The van der Waals surface area contributed by atoms with Gasteiger partial charge in [0.15, 0.2) is 0 Å². The van der Waals surface area contributed by atoms with Crippen molar-refractivity contribution in [3.8, 4) is 0 Å². The standard InChI is InChI=1S/C14H26N2O3/c1-12-2-4-14(11-15,5-3-12)19-10-13(17)16-6-8-18-9-7-16/h12H,2-11,15H2,1H3. The zero-order valence-electron chi connectivity index (χ0n) is 11.9. The second kappa shape index (κ2) is 6.68. The topological polar surface area (TPSA) is 64.8 Å². The van der Waals surface area contributed by atoms with Crippen LogP contribution in [0, 0.1) is 5.92 Å². The number of rotatable bonds is 4. The maximum Gasteiger partial charge on any atom is 0.248 e. The van der Waals surface area contributed by atoms with Crippen LogP contribution in [0.5, 0.6) is 0 Å². The van der Waals surface area contributed by atoms with Gasteiger partial charge in [-0.2, -0.15) is 0 Å². The van der Waals surface area contributed by atoms with E-state index < -0.39 is 0 Å². The molecule has 1 aliphatic heterocycles. The van der Waals surface area contributed by atoms with Gasteiger partial charge in [0.1, 0.15) is 6.61 Å². The van der Waals surface area contributed by atoms with Gasteiger partial charge in [0.25, 0.3) is 0 Å². The van der Waals surface area contributed by atoms with E-state index in [1.807, 2.05) is 4.90 Å². The van der Waals surface area contributed by atoms with E-state index in [1.165, 1.54) is 0 Å². The van der Waals surface area contributed by atoms with Crippen molar-refractivity contribution in [1.29, 1.82) is 0 Å². The van der Waals surface area contributed by atoms with Gasteiger partial charge in [-0.1, -0.05) is 6.92 Å². The molecule has 1 saturated carbocycles. The lowest BCUT2D eigenvalue weighted by Crippen LogP contribution is -2.48. The molecule has 19 heavy (non-hydrogen) atoms. The summed E-state index contributed by atoms with van der Waals surface area (Å²) in [5, 5.41) is 0. The van der Waals surface area contributed by atoms with Crippen molar-refractivity contribution >= 4 is 5.91 Å². The maximum atomic E-state index is 12.1. The predicted molar refractivity (Wildman–Crippen MR) is 72.8 cm³/mol. The number of morpholine rings is 1. The molecule has 0 aromatic heterocycles. The fourth-order valence-corrected chi connectivity index (χ4v) is 2.81. The minimum atomic E-state index is -0.269. The first-order valence-electron chi connectivity index (χ1n) is 7.35. The third kappa shape index (κ3) is 3.91. The third-order valence-corrected chi connectivity index (χ3v) is 4.42. The summed E-state index contributed by atoms with van der Waals surface area (Å²) in [6.45, 7) is 5.54. The van der Waals surface area contributed by atoms with Crippen LogP contribution in [-0.4, -0.2) is 55.9 Å². The van der Waals surface area contributed by atoms with E-state index in [-0.39, 0.29) is 18.1 Å². The quantitative estimate of drug-likeness (QED) is 0.819. The van der Waals surface area contributed by atoms with Gasteiger partial charge in [-0.15, -0.1) is 0 Å². The van der Waals surface area contributed by atoms with Gasteiger partial charge in [-0.3, -0.25) is 4.79 Å². The van der Waals surface area contributed by atoms with Crippen LogP contribution in [0.3, 0.4) is 0 Å². The summed E-state index contributed by atoms with van der Waals surface area (Å²) in [7, 11) is 0. The number of carbonyl (C=O) groups excluding carboxylic acids is 1. The zero-order chi connectivity index (χ0) is 13.7. The molecule has 0 unspecified atom stereocenters. The highest BCUT2D eigenvalue weighted by Gasteiger charge is 2.34. The van der Waals surface area contributed by atoms with Crippen molar-refractivity contribution < 1.29 is 14.3 Å². The summed E-state index contributed by atoms with van der Waals surface area (Å²) < 4.78 is 11.2. The Morgan fingerprint density at radius 1 is 1.37 bits per heavy atom. The molecule has 1 heterocycles. The molecule has 0 aromatic rings. The molecule has 5 heteroatoms. The van der Waals surface area contributed by atoms with Crippen molar-refractivity contribution in [2.24, 2.45) is 11.7 Å². The van der Waals surface area contributed by atoms with E-state index in [2.05, 4.69) is 6.92 Å². The molecule has 2 fully saturated rings. The van der Waals surface area contributed by atoms with Crippen LogP contribution in [0.15, 0.2) is 0 Å². The summed E-state index contributed by atoms with van der Waals surface area (Å²) in [5.41, 5.74) is 5.61. The lowest BCUT2D eigenvalue weighted by Gasteiger charge is -2.39. The van der Waals surface area contributed by atoms with Crippen LogP contribution in [0.2, 0.25) is 0 Å². The summed E-state index contributed by atoms with van der Waals surface area (Å²) in [6.07, 6.45) is 4.23. The molecule has 0 spiro atoms. The summed E-state index contributed by atoms with van der Waals surface area (Å²) in [6, 6.07) is 0. The van der Waals surface area contributed by atoms with Crippen LogP contribution < -0.4 is 5.73 Å². The second-order valence-corrected chi connectivity index (χ2v) is 5.85. The fourth-order valence-electron chi connectivity index (χ4n) is 2.81. The van der Waals surface area contributed by atoms with Gasteiger partial charge < -0.3 is 20.1 Å². The largest absolute Gasteiger partial charge is 0.378 e. The minimum Gasteiger partial charge on any atom is -0.378 e. The first-order chi connectivity index (χ1) is 9.15.